The summed E-state index contributed by atoms with van der Waals surface area (Å²) in [5, 5.41) is 13.2. The first-order valence-corrected chi connectivity index (χ1v) is 7.48. The Bertz CT molecular complexity index is 239. The highest BCUT2D eigenvalue weighted by Gasteiger charge is 2.35. The van der Waals surface area contributed by atoms with Crippen molar-refractivity contribution in [3.05, 3.63) is 0 Å². The van der Waals surface area contributed by atoms with Gasteiger partial charge in [-0.15, -0.1) is 0 Å². The van der Waals surface area contributed by atoms with Crippen LogP contribution in [0.1, 0.15) is 58.8 Å². The topological polar surface area (TPSA) is 32.3 Å². The number of rotatable bonds is 4. The molecule has 17 heavy (non-hydrogen) atoms. The van der Waals surface area contributed by atoms with Gasteiger partial charge in [0.1, 0.15) is 0 Å². The van der Waals surface area contributed by atoms with Crippen LogP contribution in [0.4, 0.5) is 0 Å². The predicted molar refractivity (Wildman–Crippen MR) is 72.0 cm³/mol. The van der Waals surface area contributed by atoms with Gasteiger partial charge in [0, 0.05) is 12.6 Å². The molecule has 0 aliphatic heterocycles. The summed E-state index contributed by atoms with van der Waals surface area (Å²) in [4.78, 5) is 0. The van der Waals surface area contributed by atoms with Crippen LogP contribution in [0.15, 0.2) is 0 Å². The number of nitrogens with one attached hydrogen (secondary N) is 1. The van der Waals surface area contributed by atoms with Gasteiger partial charge in [0.25, 0.3) is 0 Å². The fourth-order valence-electron chi connectivity index (χ4n) is 3.79. The SMILES string of the molecule is CC1(C)CCCC1NCC1CCCCC1CO. The third-order valence-electron chi connectivity index (χ3n) is 5.18. The molecule has 0 heterocycles. The first-order valence-electron chi connectivity index (χ1n) is 7.48. The Morgan fingerprint density at radius 3 is 2.35 bits per heavy atom. The molecule has 3 atom stereocenters. The number of aliphatic hydroxyl groups excluding tert-OH is 1. The van der Waals surface area contributed by atoms with Crippen LogP contribution in [0, 0.1) is 17.3 Å². The molecule has 2 fully saturated rings. The lowest BCUT2D eigenvalue weighted by Gasteiger charge is -2.34. The number of hydrogen-bond donors (Lipinski definition) is 2. The van der Waals surface area contributed by atoms with Gasteiger partial charge in [0.2, 0.25) is 0 Å². The van der Waals surface area contributed by atoms with Gasteiger partial charge in [-0.3, -0.25) is 0 Å². The second-order valence-electron chi connectivity index (χ2n) is 6.83. The standard InChI is InChI=1S/C15H29NO/c1-15(2)9-5-8-14(15)16-10-12-6-3-4-7-13(12)11-17/h12-14,16-17H,3-11H2,1-2H3. The second-order valence-corrected chi connectivity index (χ2v) is 6.83. The molecule has 0 aromatic heterocycles. The summed E-state index contributed by atoms with van der Waals surface area (Å²) in [5.41, 5.74) is 0.476. The molecule has 0 aromatic rings. The van der Waals surface area contributed by atoms with Crippen LogP contribution in [0.3, 0.4) is 0 Å². The maximum atomic E-state index is 9.43. The van der Waals surface area contributed by atoms with Crippen LogP contribution in [-0.4, -0.2) is 24.3 Å². The van der Waals surface area contributed by atoms with E-state index in [1.54, 1.807) is 0 Å². The normalized spacial score (nSPS) is 37.2. The zero-order valence-corrected chi connectivity index (χ0v) is 11.5. The first-order chi connectivity index (χ1) is 8.13. The van der Waals surface area contributed by atoms with Crippen molar-refractivity contribution < 1.29 is 5.11 Å². The summed E-state index contributed by atoms with van der Waals surface area (Å²) in [5.74, 6) is 1.27. The molecule has 3 unspecified atom stereocenters. The van der Waals surface area contributed by atoms with E-state index in [4.69, 9.17) is 0 Å². The molecule has 2 aliphatic carbocycles. The highest BCUT2D eigenvalue weighted by molar-refractivity contribution is 4.91. The Morgan fingerprint density at radius 1 is 1.06 bits per heavy atom. The van der Waals surface area contributed by atoms with Gasteiger partial charge in [-0.2, -0.15) is 0 Å². The zero-order chi connectivity index (χ0) is 12.3. The van der Waals surface area contributed by atoms with Crippen LogP contribution in [0.25, 0.3) is 0 Å². The minimum Gasteiger partial charge on any atom is -0.396 e. The molecule has 0 radical (unpaired) electrons. The summed E-state index contributed by atoms with van der Waals surface area (Å²) in [7, 11) is 0. The predicted octanol–water partition coefficient (Wildman–Crippen LogP) is 2.95. The van der Waals surface area contributed by atoms with Gasteiger partial charge >= 0.3 is 0 Å². The van der Waals surface area contributed by atoms with Gasteiger partial charge in [0.15, 0.2) is 0 Å². The van der Waals surface area contributed by atoms with Gasteiger partial charge in [-0.1, -0.05) is 33.1 Å². The molecule has 2 heteroatoms. The molecule has 2 aliphatic rings. The number of hydrogen-bond acceptors (Lipinski definition) is 2. The summed E-state index contributed by atoms with van der Waals surface area (Å²) in [6.45, 7) is 6.30. The smallest absolute Gasteiger partial charge is 0.0462 e. The van der Waals surface area contributed by atoms with Crippen molar-refractivity contribution in [3.63, 3.8) is 0 Å². The molecule has 2 saturated carbocycles. The number of aliphatic hydroxyl groups is 1. The van der Waals surface area contributed by atoms with E-state index in [0.717, 1.165) is 6.54 Å². The fourth-order valence-corrected chi connectivity index (χ4v) is 3.79. The molecule has 2 N–H and O–H groups in total. The van der Waals surface area contributed by atoms with Crippen molar-refractivity contribution in [3.8, 4) is 0 Å². The maximum Gasteiger partial charge on any atom is 0.0462 e. The fraction of sp³-hybridized carbons (Fsp3) is 1.00. The summed E-state index contributed by atoms with van der Waals surface area (Å²) in [6.07, 6.45) is 9.29. The lowest BCUT2D eigenvalue weighted by atomic mass is 9.79. The van der Waals surface area contributed by atoms with E-state index in [-0.39, 0.29) is 0 Å². The van der Waals surface area contributed by atoms with Crippen LogP contribution < -0.4 is 5.32 Å². The monoisotopic (exact) mass is 239 g/mol. The zero-order valence-electron chi connectivity index (χ0n) is 11.5. The van der Waals surface area contributed by atoms with Crippen LogP contribution in [0.2, 0.25) is 0 Å². The van der Waals surface area contributed by atoms with Crippen molar-refractivity contribution >= 4 is 0 Å². The van der Waals surface area contributed by atoms with E-state index >= 15 is 0 Å². The Balaban J connectivity index is 1.80. The minimum atomic E-state index is 0.389. The largest absolute Gasteiger partial charge is 0.396 e. The van der Waals surface area contributed by atoms with Gasteiger partial charge in [-0.05, 0) is 49.5 Å². The lowest BCUT2D eigenvalue weighted by molar-refractivity contribution is 0.126. The van der Waals surface area contributed by atoms with Crippen molar-refractivity contribution in [1.29, 1.82) is 0 Å². The summed E-state index contributed by atoms with van der Waals surface area (Å²) in [6, 6.07) is 0.698. The van der Waals surface area contributed by atoms with Crippen molar-refractivity contribution in [1.82, 2.24) is 5.32 Å². The Labute approximate surface area is 106 Å². The van der Waals surface area contributed by atoms with E-state index in [9.17, 15) is 5.11 Å². The second kappa shape index (κ2) is 5.71. The van der Waals surface area contributed by atoms with E-state index < -0.39 is 0 Å². The molecule has 0 saturated heterocycles. The van der Waals surface area contributed by atoms with E-state index in [1.807, 2.05) is 0 Å². The van der Waals surface area contributed by atoms with Gasteiger partial charge in [-0.25, -0.2) is 0 Å². The average molecular weight is 239 g/mol. The van der Waals surface area contributed by atoms with Crippen LogP contribution >= 0.6 is 0 Å². The van der Waals surface area contributed by atoms with Crippen molar-refractivity contribution in [2.75, 3.05) is 13.2 Å². The molecule has 2 rings (SSSR count). The molecule has 0 bridgehead atoms. The molecule has 0 spiro atoms. The van der Waals surface area contributed by atoms with Crippen LogP contribution in [-0.2, 0) is 0 Å². The van der Waals surface area contributed by atoms with Crippen LogP contribution in [0.5, 0.6) is 0 Å². The van der Waals surface area contributed by atoms with Crippen molar-refractivity contribution in [2.45, 2.75) is 64.8 Å². The van der Waals surface area contributed by atoms with Crippen molar-refractivity contribution in [2.24, 2.45) is 17.3 Å². The Kier molecular flexibility index (Phi) is 4.48. The molecule has 0 aromatic carbocycles. The summed E-state index contributed by atoms with van der Waals surface area (Å²) < 4.78 is 0. The first kappa shape index (κ1) is 13.4. The third kappa shape index (κ3) is 3.23. The molecule has 0 amide bonds. The quantitative estimate of drug-likeness (QED) is 0.790. The van der Waals surface area contributed by atoms with E-state index in [1.165, 1.54) is 44.9 Å². The highest BCUT2D eigenvalue weighted by atomic mass is 16.3. The van der Waals surface area contributed by atoms with E-state index in [0.29, 0.717) is 29.9 Å². The molecular formula is C15H29NO. The van der Waals surface area contributed by atoms with Gasteiger partial charge < -0.3 is 10.4 Å². The molecular weight excluding hydrogens is 210 g/mol. The highest BCUT2D eigenvalue weighted by Crippen LogP contribution is 2.38. The Hall–Kier alpha value is -0.0800. The third-order valence-corrected chi connectivity index (χ3v) is 5.18. The minimum absolute atomic E-state index is 0.389. The maximum absolute atomic E-state index is 9.43. The average Bonchev–Trinajstić information content (AvgIpc) is 2.66. The lowest BCUT2D eigenvalue weighted by Crippen LogP contribution is -2.42. The van der Waals surface area contributed by atoms with E-state index in [2.05, 4.69) is 19.2 Å². The molecule has 2 nitrogen and oxygen atoms in total. The summed E-state index contributed by atoms with van der Waals surface area (Å²) >= 11 is 0. The molecule has 100 valence electrons. The van der Waals surface area contributed by atoms with Gasteiger partial charge in [0.05, 0.1) is 0 Å². The Morgan fingerprint density at radius 2 is 1.76 bits per heavy atom.